The van der Waals surface area contributed by atoms with Crippen LogP contribution < -0.4 is 10.6 Å². The Morgan fingerprint density at radius 2 is 1.75 bits per heavy atom. The van der Waals surface area contributed by atoms with Crippen molar-refractivity contribution < 1.29 is 23.5 Å². The third-order valence-corrected chi connectivity index (χ3v) is 5.89. The third kappa shape index (κ3) is 4.70. The fraction of sp³-hybridized carbons (Fsp3) is 0.125. The number of carbonyl (C=O) groups excluding carboxylic acids is 3. The van der Waals surface area contributed by atoms with E-state index in [4.69, 9.17) is 9.15 Å². The Morgan fingerprint density at radius 1 is 0.969 bits per heavy atom. The molecule has 7 nitrogen and oxygen atoms in total. The SMILES string of the molecule is Cc1cc(NC(=O)c2ccco2)sc1C(=O)OC(C)C(=O)Nc1ccc2ccccc2c1. The summed E-state index contributed by atoms with van der Waals surface area (Å²) in [6.45, 7) is 3.24. The summed E-state index contributed by atoms with van der Waals surface area (Å²) in [5, 5.41) is 7.99. The molecular weight excluding hydrogens is 428 g/mol. The van der Waals surface area contributed by atoms with Crippen LogP contribution in [-0.4, -0.2) is 23.9 Å². The van der Waals surface area contributed by atoms with Gasteiger partial charge >= 0.3 is 5.97 Å². The number of thiophene rings is 1. The first kappa shape index (κ1) is 21.3. The predicted octanol–water partition coefficient (Wildman–Crippen LogP) is 5.24. The highest BCUT2D eigenvalue weighted by Crippen LogP contribution is 2.28. The van der Waals surface area contributed by atoms with Crippen molar-refractivity contribution in [1.82, 2.24) is 0 Å². The van der Waals surface area contributed by atoms with Crippen molar-refractivity contribution >= 4 is 50.6 Å². The van der Waals surface area contributed by atoms with Gasteiger partial charge in [0, 0.05) is 5.69 Å². The number of amides is 2. The van der Waals surface area contributed by atoms with Gasteiger partial charge in [-0.15, -0.1) is 11.3 Å². The van der Waals surface area contributed by atoms with Crippen LogP contribution in [0.1, 0.15) is 32.7 Å². The normalized spacial score (nSPS) is 11.7. The summed E-state index contributed by atoms with van der Waals surface area (Å²) >= 11 is 1.07. The van der Waals surface area contributed by atoms with Gasteiger partial charge in [0.15, 0.2) is 11.9 Å². The van der Waals surface area contributed by atoms with Crippen LogP contribution in [0.2, 0.25) is 0 Å². The molecule has 0 saturated carbocycles. The molecule has 2 N–H and O–H groups in total. The van der Waals surface area contributed by atoms with Gasteiger partial charge in [-0.1, -0.05) is 30.3 Å². The summed E-state index contributed by atoms with van der Waals surface area (Å²) in [7, 11) is 0. The van der Waals surface area contributed by atoms with Crippen molar-refractivity contribution in [1.29, 1.82) is 0 Å². The number of furan rings is 1. The Labute approximate surface area is 188 Å². The molecule has 8 heteroatoms. The number of aryl methyl sites for hydroxylation is 1. The van der Waals surface area contributed by atoms with Crippen LogP contribution in [-0.2, 0) is 9.53 Å². The van der Waals surface area contributed by atoms with E-state index in [2.05, 4.69) is 10.6 Å². The molecular formula is C24H20N2O5S. The molecule has 0 radical (unpaired) electrons. The smallest absolute Gasteiger partial charge is 0.349 e. The zero-order valence-corrected chi connectivity index (χ0v) is 18.2. The van der Waals surface area contributed by atoms with Gasteiger partial charge in [0.25, 0.3) is 11.8 Å². The van der Waals surface area contributed by atoms with Gasteiger partial charge in [-0.3, -0.25) is 9.59 Å². The summed E-state index contributed by atoms with van der Waals surface area (Å²) in [5.74, 6) is -1.32. The summed E-state index contributed by atoms with van der Waals surface area (Å²) < 4.78 is 10.4. The molecule has 0 aliphatic rings. The molecule has 32 heavy (non-hydrogen) atoms. The molecule has 0 bridgehead atoms. The molecule has 2 heterocycles. The van der Waals surface area contributed by atoms with Crippen molar-refractivity contribution in [3.05, 3.63) is 83.1 Å². The first-order valence-electron chi connectivity index (χ1n) is 9.86. The maximum absolute atomic E-state index is 12.6. The molecule has 4 rings (SSSR count). The molecule has 0 aliphatic heterocycles. The predicted molar refractivity (Wildman–Crippen MR) is 123 cm³/mol. The van der Waals surface area contributed by atoms with E-state index in [-0.39, 0.29) is 5.76 Å². The Morgan fingerprint density at radius 3 is 2.50 bits per heavy atom. The lowest BCUT2D eigenvalue weighted by atomic mass is 10.1. The van der Waals surface area contributed by atoms with Gasteiger partial charge in [-0.25, -0.2) is 4.79 Å². The molecule has 162 valence electrons. The van der Waals surface area contributed by atoms with Crippen LogP contribution in [0.15, 0.2) is 71.3 Å². The van der Waals surface area contributed by atoms with Crippen LogP contribution >= 0.6 is 11.3 Å². The maximum Gasteiger partial charge on any atom is 0.349 e. The van der Waals surface area contributed by atoms with E-state index < -0.39 is 23.9 Å². The highest BCUT2D eigenvalue weighted by atomic mass is 32.1. The van der Waals surface area contributed by atoms with Crippen LogP contribution in [0, 0.1) is 6.92 Å². The van der Waals surface area contributed by atoms with Gasteiger partial charge in [0.05, 0.1) is 11.3 Å². The van der Waals surface area contributed by atoms with E-state index in [1.807, 2.05) is 36.4 Å². The lowest BCUT2D eigenvalue weighted by molar-refractivity contribution is -0.123. The van der Waals surface area contributed by atoms with E-state index >= 15 is 0 Å². The molecule has 2 aromatic heterocycles. The monoisotopic (exact) mass is 448 g/mol. The van der Waals surface area contributed by atoms with Crippen molar-refractivity contribution in [3.63, 3.8) is 0 Å². The molecule has 0 spiro atoms. The number of benzene rings is 2. The number of nitrogens with one attached hydrogen (secondary N) is 2. The lowest BCUT2D eigenvalue weighted by Gasteiger charge is -2.13. The Balaban J connectivity index is 1.38. The summed E-state index contributed by atoms with van der Waals surface area (Å²) in [5.41, 5.74) is 1.25. The van der Waals surface area contributed by atoms with E-state index in [0.29, 0.717) is 21.1 Å². The Kier molecular flexibility index (Phi) is 6.04. The minimum absolute atomic E-state index is 0.166. The van der Waals surface area contributed by atoms with Gasteiger partial charge in [-0.05, 0) is 60.5 Å². The van der Waals surface area contributed by atoms with Crippen molar-refractivity contribution in [2.24, 2.45) is 0 Å². The first-order valence-corrected chi connectivity index (χ1v) is 10.7. The fourth-order valence-corrected chi connectivity index (χ4v) is 4.06. The van der Waals surface area contributed by atoms with Crippen LogP contribution in [0.25, 0.3) is 10.8 Å². The standard InChI is InChI=1S/C24H20N2O5S/c1-14-12-20(26-23(28)19-8-5-11-30-19)32-21(14)24(29)31-15(2)22(27)25-18-10-9-16-6-3-4-7-17(16)13-18/h3-13,15H,1-2H3,(H,25,27)(H,26,28). The van der Waals surface area contributed by atoms with Crippen LogP contribution in [0.5, 0.6) is 0 Å². The van der Waals surface area contributed by atoms with Crippen LogP contribution in [0.3, 0.4) is 0 Å². The zero-order valence-electron chi connectivity index (χ0n) is 17.4. The van der Waals surface area contributed by atoms with E-state index in [1.165, 1.54) is 13.2 Å². The summed E-state index contributed by atoms with van der Waals surface area (Å²) in [4.78, 5) is 37.6. The number of ether oxygens (including phenoxy) is 1. The lowest BCUT2D eigenvalue weighted by Crippen LogP contribution is -2.29. The van der Waals surface area contributed by atoms with Crippen LogP contribution in [0.4, 0.5) is 10.7 Å². The van der Waals surface area contributed by atoms with Gasteiger partial charge in [-0.2, -0.15) is 0 Å². The first-order chi connectivity index (χ1) is 15.4. The number of hydrogen-bond donors (Lipinski definition) is 2. The van der Waals surface area contributed by atoms with Crippen molar-refractivity contribution in [3.8, 4) is 0 Å². The molecule has 2 amide bonds. The van der Waals surface area contributed by atoms with Crippen molar-refractivity contribution in [2.45, 2.75) is 20.0 Å². The molecule has 0 aliphatic carbocycles. The average Bonchev–Trinajstić information content (AvgIpc) is 3.43. The Bertz CT molecular complexity index is 1290. The van der Waals surface area contributed by atoms with Gasteiger partial charge in [0.2, 0.25) is 0 Å². The fourth-order valence-electron chi connectivity index (χ4n) is 3.11. The second kappa shape index (κ2) is 9.07. The third-order valence-electron chi connectivity index (χ3n) is 4.75. The topological polar surface area (TPSA) is 97.6 Å². The maximum atomic E-state index is 12.6. The van der Waals surface area contributed by atoms with E-state index in [9.17, 15) is 14.4 Å². The minimum atomic E-state index is -1.00. The molecule has 0 fully saturated rings. The Hall–Kier alpha value is -3.91. The highest BCUT2D eigenvalue weighted by Gasteiger charge is 2.23. The van der Waals surface area contributed by atoms with Gasteiger partial charge in [0.1, 0.15) is 4.88 Å². The number of anilines is 2. The minimum Gasteiger partial charge on any atom is -0.459 e. The van der Waals surface area contributed by atoms with E-state index in [0.717, 1.165) is 22.1 Å². The number of rotatable bonds is 6. The molecule has 2 aromatic carbocycles. The van der Waals surface area contributed by atoms with Crippen molar-refractivity contribution in [2.75, 3.05) is 10.6 Å². The molecule has 1 atom stereocenters. The molecule has 0 saturated heterocycles. The number of carbonyl (C=O) groups is 3. The zero-order chi connectivity index (χ0) is 22.7. The molecule has 1 unspecified atom stereocenters. The summed E-state index contributed by atoms with van der Waals surface area (Å²) in [6.07, 6.45) is 0.401. The number of esters is 1. The molecule has 4 aromatic rings. The largest absolute Gasteiger partial charge is 0.459 e. The average molecular weight is 449 g/mol. The van der Waals surface area contributed by atoms with E-state index in [1.54, 1.807) is 31.2 Å². The number of fused-ring (bicyclic) bond motifs is 1. The second-order valence-electron chi connectivity index (χ2n) is 7.15. The number of hydrogen-bond acceptors (Lipinski definition) is 6. The van der Waals surface area contributed by atoms with Gasteiger partial charge < -0.3 is 19.8 Å². The highest BCUT2D eigenvalue weighted by molar-refractivity contribution is 7.18. The summed E-state index contributed by atoms with van der Waals surface area (Å²) in [6, 6.07) is 18.2. The second-order valence-corrected chi connectivity index (χ2v) is 8.21. The quantitative estimate of drug-likeness (QED) is 0.393.